The Kier molecular flexibility index (Phi) is 4.86. The molecule has 1 aromatic heterocycles. The van der Waals surface area contributed by atoms with E-state index in [2.05, 4.69) is 4.98 Å². The van der Waals surface area contributed by atoms with Crippen molar-refractivity contribution >= 4 is 27.6 Å². The van der Waals surface area contributed by atoms with Crippen LogP contribution in [0.4, 0.5) is 0 Å². The van der Waals surface area contributed by atoms with E-state index in [0.29, 0.717) is 17.3 Å². The van der Waals surface area contributed by atoms with Crippen molar-refractivity contribution in [3.8, 4) is 0 Å². The molecule has 0 bridgehead atoms. The fourth-order valence-corrected chi connectivity index (χ4v) is 4.06. The third kappa shape index (κ3) is 3.70. The Balaban J connectivity index is 1.93. The molecule has 1 aliphatic rings. The Morgan fingerprint density at radius 1 is 1.36 bits per heavy atom. The quantitative estimate of drug-likeness (QED) is 0.746. The Morgan fingerprint density at radius 3 is 2.64 bits per heavy atom. The van der Waals surface area contributed by atoms with Gasteiger partial charge in [-0.2, -0.15) is 4.31 Å². The molecule has 0 saturated heterocycles. The molecule has 2 aromatic rings. The van der Waals surface area contributed by atoms with E-state index in [1.165, 1.54) is 11.4 Å². The Hall–Kier alpha value is -1.90. The number of methoxy groups -OCH3 is 1. The van der Waals surface area contributed by atoms with Gasteiger partial charge in [0.05, 0.1) is 37.6 Å². The summed E-state index contributed by atoms with van der Waals surface area (Å²) in [7, 11) is -2.32. The summed E-state index contributed by atoms with van der Waals surface area (Å²) < 4.78 is 32.1. The molecular weight excluding hydrogens is 366 g/mol. The van der Waals surface area contributed by atoms with Crippen molar-refractivity contribution in [1.29, 1.82) is 0 Å². The largest absolute Gasteiger partial charge is 0.468 e. The number of carbonyl (C=O) groups excluding carboxylic acids is 1. The summed E-state index contributed by atoms with van der Waals surface area (Å²) in [6.45, 7) is 0.627. The maximum absolute atomic E-state index is 12.1. The number of halogens is 1. The lowest BCUT2D eigenvalue weighted by atomic mass is 10.1. The average molecular weight is 384 g/mol. The topological polar surface area (TPSA) is 81.5 Å². The van der Waals surface area contributed by atoms with Gasteiger partial charge in [0.1, 0.15) is 6.04 Å². The number of hydrogen-bond acceptors (Lipinski definition) is 5. The van der Waals surface area contributed by atoms with Crippen LogP contribution in [0, 0.1) is 0 Å². The van der Waals surface area contributed by atoms with Gasteiger partial charge < -0.3 is 9.30 Å². The first-order chi connectivity index (χ1) is 11.8. The fourth-order valence-electron chi connectivity index (χ4n) is 2.95. The highest BCUT2D eigenvalue weighted by Gasteiger charge is 2.39. The normalized spacial score (nSPS) is 18.0. The van der Waals surface area contributed by atoms with Gasteiger partial charge in [-0.1, -0.05) is 23.7 Å². The number of fused-ring (bicyclic) bond motifs is 1. The zero-order chi connectivity index (χ0) is 18.2. The zero-order valence-electron chi connectivity index (χ0n) is 13.8. The molecule has 3 rings (SSSR count). The maximum atomic E-state index is 12.1. The highest BCUT2D eigenvalue weighted by molar-refractivity contribution is 7.88. The number of sulfonamides is 1. The standard InChI is InChI=1S/C16H18ClN3O4S/c1-24-16(21)14-7-13-15(9-20(14)25(2,22)23)19(10-18-13)8-11-3-5-12(17)6-4-11/h3-6,10,14H,7-9H2,1-2H3/t14-/m0/s1. The monoisotopic (exact) mass is 383 g/mol. The molecule has 0 spiro atoms. The predicted molar refractivity (Wildman–Crippen MR) is 92.7 cm³/mol. The summed E-state index contributed by atoms with van der Waals surface area (Å²) >= 11 is 5.90. The first-order valence-corrected chi connectivity index (χ1v) is 9.84. The van der Waals surface area contributed by atoms with Crippen LogP contribution in [0.5, 0.6) is 0 Å². The summed E-state index contributed by atoms with van der Waals surface area (Å²) in [6.07, 6.45) is 2.95. The van der Waals surface area contributed by atoms with Crippen molar-refractivity contribution < 1.29 is 17.9 Å². The van der Waals surface area contributed by atoms with Gasteiger partial charge in [-0.15, -0.1) is 0 Å². The molecule has 0 N–H and O–H groups in total. The van der Waals surface area contributed by atoms with Crippen molar-refractivity contribution in [2.24, 2.45) is 0 Å². The Morgan fingerprint density at radius 2 is 2.04 bits per heavy atom. The van der Waals surface area contributed by atoms with Crippen LogP contribution in [0.2, 0.25) is 5.02 Å². The first-order valence-electron chi connectivity index (χ1n) is 7.61. The number of carbonyl (C=O) groups is 1. The van der Waals surface area contributed by atoms with E-state index in [0.717, 1.165) is 17.5 Å². The smallest absolute Gasteiger partial charge is 0.324 e. The van der Waals surface area contributed by atoms with E-state index in [1.54, 1.807) is 18.5 Å². The molecule has 7 nitrogen and oxygen atoms in total. The van der Waals surface area contributed by atoms with Gasteiger partial charge in [0, 0.05) is 18.0 Å². The van der Waals surface area contributed by atoms with Crippen LogP contribution >= 0.6 is 11.6 Å². The molecule has 0 saturated carbocycles. The van der Waals surface area contributed by atoms with E-state index in [-0.39, 0.29) is 13.0 Å². The van der Waals surface area contributed by atoms with Gasteiger partial charge >= 0.3 is 5.97 Å². The number of rotatable bonds is 4. The molecule has 1 aromatic carbocycles. The number of esters is 1. The van der Waals surface area contributed by atoms with Crippen LogP contribution in [-0.4, -0.2) is 47.7 Å². The molecule has 0 aliphatic carbocycles. The lowest BCUT2D eigenvalue weighted by molar-refractivity contribution is -0.145. The Bertz CT molecular complexity index is 893. The minimum absolute atomic E-state index is 0.0848. The number of ether oxygens (including phenoxy) is 1. The minimum atomic E-state index is -3.57. The molecule has 1 atom stereocenters. The molecule has 134 valence electrons. The van der Waals surface area contributed by atoms with Crippen LogP contribution in [0.25, 0.3) is 0 Å². The second-order valence-corrected chi connectivity index (χ2v) is 8.32. The van der Waals surface area contributed by atoms with Gasteiger partial charge in [-0.3, -0.25) is 4.79 Å². The van der Waals surface area contributed by atoms with Crippen LogP contribution in [-0.2, 0) is 39.1 Å². The van der Waals surface area contributed by atoms with Crippen molar-refractivity contribution in [2.45, 2.75) is 25.6 Å². The number of aromatic nitrogens is 2. The van der Waals surface area contributed by atoms with Gasteiger partial charge in [-0.05, 0) is 17.7 Å². The van der Waals surface area contributed by atoms with Gasteiger partial charge in [0.2, 0.25) is 10.0 Å². The van der Waals surface area contributed by atoms with Gasteiger partial charge in [0.25, 0.3) is 0 Å². The summed E-state index contributed by atoms with van der Waals surface area (Å²) in [5.41, 5.74) is 2.51. The predicted octanol–water partition coefficient (Wildman–Crippen LogP) is 1.44. The minimum Gasteiger partial charge on any atom is -0.468 e. The molecule has 1 aliphatic heterocycles. The summed E-state index contributed by atoms with van der Waals surface area (Å²) in [5, 5.41) is 0.653. The molecule has 0 amide bonds. The lowest BCUT2D eigenvalue weighted by Gasteiger charge is -2.31. The average Bonchev–Trinajstić information content (AvgIpc) is 2.96. The van der Waals surface area contributed by atoms with Gasteiger partial charge in [0.15, 0.2) is 0 Å². The van der Waals surface area contributed by atoms with Crippen LogP contribution in [0.3, 0.4) is 0 Å². The number of nitrogens with zero attached hydrogens (tertiary/aromatic N) is 3. The Labute approximate surface area is 151 Å². The lowest BCUT2D eigenvalue weighted by Crippen LogP contribution is -2.49. The highest BCUT2D eigenvalue weighted by atomic mass is 35.5. The van der Waals surface area contributed by atoms with Crippen LogP contribution in [0.1, 0.15) is 17.0 Å². The molecule has 0 unspecified atom stereocenters. The van der Waals surface area contributed by atoms with Crippen LogP contribution < -0.4 is 0 Å². The van der Waals surface area contributed by atoms with Crippen molar-refractivity contribution in [1.82, 2.24) is 13.9 Å². The number of imidazole rings is 1. The third-order valence-corrected chi connectivity index (χ3v) is 5.73. The highest BCUT2D eigenvalue weighted by Crippen LogP contribution is 2.26. The second-order valence-electron chi connectivity index (χ2n) is 5.94. The molecule has 25 heavy (non-hydrogen) atoms. The van der Waals surface area contributed by atoms with Crippen molar-refractivity contribution in [3.05, 3.63) is 52.6 Å². The van der Waals surface area contributed by atoms with Crippen molar-refractivity contribution in [3.63, 3.8) is 0 Å². The van der Waals surface area contributed by atoms with E-state index >= 15 is 0 Å². The zero-order valence-corrected chi connectivity index (χ0v) is 15.4. The SMILES string of the molecule is COC(=O)[C@@H]1Cc2ncn(Cc3ccc(Cl)cc3)c2CN1S(C)(=O)=O. The van der Waals surface area contributed by atoms with E-state index in [4.69, 9.17) is 16.3 Å². The fraction of sp³-hybridized carbons (Fsp3) is 0.375. The van der Waals surface area contributed by atoms with E-state index in [1.807, 2.05) is 16.7 Å². The van der Waals surface area contributed by atoms with Gasteiger partial charge in [-0.25, -0.2) is 13.4 Å². The van der Waals surface area contributed by atoms with Crippen LogP contribution in [0.15, 0.2) is 30.6 Å². The molecule has 9 heteroatoms. The molecular formula is C16H18ClN3O4S. The maximum Gasteiger partial charge on any atom is 0.324 e. The first kappa shape index (κ1) is 17.9. The number of hydrogen-bond donors (Lipinski definition) is 0. The summed E-state index contributed by atoms with van der Waals surface area (Å²) in [5.74, 6) is -0.580. The third-order valence-electron chi connectivity index (χ3n) is 4.24. The molecule has 0 radical (unpaired) electrons. The van der Waals surface area contributed by atoms with Crippen molar-refractivity contribution in [2.75, 3.05) is 13.4 Å². The molecule has 2 heterocycles. The number of benzene rings is 1. The molecule has 0 fully saturated rings. The second kappa shape index (κ2) is 6.78. The van der Waals surface area contributed by atoms with E-state index < -0.39 is 22.0 Å². The van der Waals surface area contributed by atoms with E-state index in [9.17, 15) is 13.2 Å². The summed E-state index contributed by atoms with van der Waals surface area (Å²) in [6, 6.07) is 6.53. The summed E-state index contributed by atoms with van der Waals surface area (Å²) in [4.78, 5) is 16.3.